The number of carboxylic acids is 2. The van der Waals surface area contributed by atoms with Crippen LogP contribution < -0.4 is 10.2 Å². The Balaban J connectivity index is 0.000000152. The lowest BCUT2D eigenvalue weighted by atomic mass is 10.3. The summed E-state index contributed by atoms with van der Waals surface area (Å²) in [5, 5.41) is 18.8. The third-order valence-electron chi connectivity index (χ3n) is 5.91. The van der Waals surface area contributed by atoms with Gasteiger partial charge in [0.1, 0.15) is 0 Å². The van der Waals surface area contributed by atoms with Crippen LogP contribution in [-0.4, -0.2) is 85.9 Å². The highest BCUT2D eigenvalue weighted by molar-refractivity contribution is 5.87. The van der Waals surface area contributed by atoms with Crippen LogP contribution in [0.15, 0.2) is 22.1 Å². The molecule has 2 saturated heterocycles. The number of hydrogen-bond donors (Lipinski definition) is 0. The van der Waals surface area contributed by atoms with Gasteiger partial charge >= 0.3 is 0 Å². The number of nitrogens with zero attached hydrogens (tertiary/aromatic N) is 4. The van der Waals surface area contributed by atoms with E-state index in [1.165, 1.54) is 85.3 Å². The largest absolute Gasteiger partial charge is 0.545 e. The first kappa shape index (κ1) is 22.2. The molecule has 2 fully saturated rings. The van der Waals surface area contributed by atoms with Crippen LogP contribution in [0.2, 0.25) is 0 Å². The van der Waals surface area contributed by atoms with E-state index in [0.29, 0.717) is 12.2 Å². The Labute approximate surface area is 167 Å². The van der Waals surface area contributed by atoms with E-state index in [4.69, 9.17) is 0 Å². The van der Waals surface area contributed by atoms with Crippen molar-refractivity contribution in [1.29, 1.82) is 0 Å². The zero-order chi connectivity index (χ0) is 20.6. The van der Waals surface area contributed by atoms with Gasteiger partial charge in [0.05, 0.1) is 52.2 Å². The number of carbonyl (C=O) groups is 2. The molecule has 0 bridgehead atoms. The molecule has 4 heterocycles. The van der Waals surface area contributed by atoms with Crippen LogP contribution in [0.4, 0.5) is 0 Å². The maximum Gasteiger partial charge on any atom is 0.198 e. The summed E-state index contributed by atoms with van der Waals surface area (Å²) in [6.45, 7) is 7.50. The molecule has 4 aliphatic heterocycles. The molecule has 2 atom stereocenters. The molecule has 4 aliphatic rings. The average Bonchev–Trinajstić information content (AvgIpc) is 3.23. The van der Waals surface area contributed by atoms with E-state index >= 15 is 0 Å². The second-order valence-electron chi connectivity index (χ2n) is 8.17. The molecular formula is C20H32N4O4. The van der Waals surface area contributed by atoms with Crippen molar-refractivity contribution < 1.29 is 28.8 Å². The van der Waals surface area contributed by atoms with E-state index < -0.39 is 11.9 Å². The lowest BCUT2D eigenvalue weighted by Gasteiger charge is -2.31. The number of amidine groups is 2. The summed E-state index contributed by atoms with van der Waals surface area (Å²) in [6, 6.07) is 0. The molecule has 156 valence electrons. The molecule has 0 N–H and O–H groups in total. The zero-order valence-corrected chi connectivity index (χ0v) is 17.1. The lowest BCUT2D eigenvalue weighted by molar-refractivity contribution is -0.816. The van der Waals surface area contributed by atoms with Gasteiger partial charge in [0.25, 0.3) is 0 Å². The third kappa shape index (κ3) is 6.24. The SMILES string of the molecule is C[N+]12CCCN=C1CCC2.C[N+]12CCCN=C1CCC2.O=C([O-])/C=C\C(=O)[O-]. The summed E-state index contributed by atoms with van der Waals surface area (Å²) in [5.74, 6) is -0.166. The first-order chi connectivity index (χ1) is 13.3. The van der Waals surface area contributed by atoms with Crippen LogP contribution in [-0.2, 0) is 9.59 Å². The van der Waals surface area contributed by atoms with Gasteiger partial charge in [0.2, 0.25) is 0 Å². The molecule has 0 aromatic carbocycles. The minimum Gasteiger partial charge on any atom is -0.545 e. The number of fused-ring (bicyclic) bond motifs is 2. The summed E-state index contributed by atoms with van der Waals surface area (Å²) >= 11 is 0. The normalized spacial score (nSPS) is 30.6. The van der Waals surface area contributed by atoms with E-state index in [9.17, 15) is 19.8 Å². The van der Waals surface area contributed by atoms with E-state index in [1.807, 2.05) is 0 Å². The minimum absolute atomic E-state index is 0.384. The van der Waals surface area contributed by atoms with Crippen LogP contribution in [0.1, 0.15) is 38.5 Å². The molecule has 0 saturated carbocycles. The predicted octanol–water partition coefficient (Wildman–Crippen LogP) is -0.900. The first-order valence-electron chi connectivity index (χ1n) is 10.1. The first-order valence-corrected chi connectivity index (χ1v) is 10.1. The fraction of sp³-hybridized carbons (Fsp3) is 0.700. The van der Waals surface area contributed by atoms with Crippen molar-refractivity contribution in [1.82, 2.24) is 0 Å². The molecule has 8 heteroatoms. The van der Waals surface area contributed by atoms with E-state index in [0.717, 1.165) is 13.1 Å². The maximum atomic E-state index is 9.41. The number of aliphatic imine (C=N–C) groups is 2. The monoisotopic (exact) mass is 392 g/mol. The van der Waals surface area contributed by atoms with Gasteiger partial charge in [-0.05, 0) is 12.2 Å². The van der Waals surface area contributed by atoms with Gasteiger partial charge in [0, 0.05) is 51.6 Å². The van der Waals surface area contributed by atoms with Crippen LogP contribution >= 0.6 is 0 Å². The quantitative estimate of drug-likeness (QED) is 0.448. The molecule has 0 radical (unpaired) electrons. The van der Waals surface area contributed by atoms with Gasteiger partial charge in [0.15, 0.2) is 11.7 Å². The van der Waals surface area contributed by atoms with Gasteiger partial charge in [-0.1, -0.05) is 0 Å². The highest BCUT2D eigenvalue weighted by Gasteiger charge is 2.36. The maximum absolute atomic E-state index is 9.41. The Morgan fingerprint density at radius 3 is 1.43 bits per heavy atom. The van der Waals surface area contributed by atoms with E-state index in [-0.39, 0.29) is 0 Å². The summed E-state index contributed by atoms with van der Waals surface area (Å²) in [6.07, 6.45) is 8.59. The molecule has 0 spiro atoms. The summed E-state index contributed by atoms with van der Waals surface area (Å²) in [7, 11) is 4.65. The summed E-state index contributed by atoms with van der Waals surface area (Å²) in [4.78, 5) is 27.9. The Morgan fingerprint density at radius 1 is 0.750 bits per heavy atom. The minimum atomic E-state index is -1.55. The number of rotatable bonds is 2. The number of aliphatic carboxylic acids is 2. The Morgan fingerprint density at radius 2 is 1.11 bits per heavy atom. The van der Waals surface area contributed by atoms with Gasteiger partial charge in [-0.2, -0.15) is 0 Å². The van der Waals surface area contributed by atoms with Gasteiger partial charge in [-0.3, -0.25) is 8.97 Å². The topological polar surface area (TPSA) is 105 Å². The lowest BCUT2D eigenvalue weighted by Crippen LogP contribution is -2.48. The molecule has 28 heavy (non-hydrogen) atoms. The highest BCUT2D eigenvalue weighted by Crippen LogP contribution is 2.23. The van der Waals surface area contributed by atoms with Gasteiger partial charge < -0.3 is 19.8 Å². The molecule has 0 aliphatic carbocycles. The predicted molar refractivity (Wildman–Crippen MR) is 103 cm³/mol. The average molecular weight is 393 g/mol. The van der Waals surface area contributed by atoms with Crippen molar-refractivity contribution in [2.45, 2.75) is 38.5 Å². The Hall–Kier alpha value is -2.06. The number of carbonyl (C=O) groups excluding carboxylic acids is 2. The van der Waals surface area contributed by atoms with Crippen LogP contribution in [0.3, 0.4) is 0 Å². The second kappa shape index (κ2) is 9.93. The third-order valence-corrected chi connectivity index (χ3v) is 5.91. The van der Waals surface area contributed by atoms with Crippen molar-refractivity contribution in [3.63, 3.8) is 0 Å². The zero-order valence-electron chi connectivity index (χ0n) is 17.1. The van der Waals surface area contributed by atoms with Gasteiger partial charge in [-0.15, -0.1) is 0 Å². The Bertz CT molecular complexity index is 617. The van der Waals surface area contributed by atoms with Crippen molar-refractivity contribution >= 4 is 23.6 Å². The van der Waals surface area contributed by atoms with Crippen LogP contribution in [0.25, 0.3) is 0 Å². The highest BCUT2D eigenvalue weighted by atomic mass is 16.4. The smallest absolute Gasteiger partial charge is 0.198 e. The fourth-order valence-electron chi connectivity index (χ4n) is 4.34. The van der Waals surface area contributed by atoms with E-state index in [1.54, 1.807) is 0 Å². The Kier molecular flexibility index (Phi) is 7.88. The van der Waals surface area contributed by atoms with Crippen molar-refractivity contribution in [2.24, 2.45) is 9.98 Å². The molecule has 4 rings (SSSR count). The molecule has 0 amide bonds. The standard InChI is InChI=1S/2C8H15N2.C4H4O4/c2*1-10-6-2-4-8(10)9-5-3-7-10;5-3(6)1-2-4(7)8/h2*2-7H2,1H3;1-2H,(H,5,6)(H,7,8)/q2*+1;/p-2/b;;2-1-. The molecular weight excluding hydrogens is 360 g/mol. The number of hydrogen-bond acceptors (Lipinski definition) is 6. The fourth-order valence-corrected chi connectivity index (χ4v) is 4.34. The van der Waals surface area contributed by atoms with Crippen LogP contribution in [0.5, 0.6) is 0 Å². The van der Waals surface area contributed by atoms with Crippen molar-refractivity contribution in [3.05, 3.63) is 12.2 Å². The molecule has 2 unspecified atom stereocenters. The number of quaternary nitrogens is 2. The van der Waals surface area contributed by atoms with E-state index in [2.05, 4.69) is 24.1 Å². The summed E-state index contributed by atoms with van der Waals surface area (Å²) in [5.41, 5.74) is 0. The van der Waals surface area contributed by atoms with Crippen LogP contribution in [0, 0.1) is 0 Å². The molecule has 8 nitrogen and oxygen atoms in total. The number of carboxylic acid groups (broad SMARTS) is 2. The molecule has 0 aromatic heterocycles. The molecule has 0 aromatic rings. The van der Waals surface area contributed by atoms with Crippen molar-refractivity contribution in [3.8, 4) is 0 Å². The van der Waals surface area contributed by atoms with Gasteiger partial charge in [-0.25, -0.2) is 9.98 Å². The second-order valence-corrected chi connectivity index (χ2v) is 8.17. The van der Waals surface area contributed by atoms with Crippen molar-refractivity contribution in [2.75, 3.05) is 53.4 Å². The summed E-state index contributed by atoms with van der Waals surface area (Å²) < 4.78 is 2.33.